The Labute approximate surface area is 73.0 Å². The van der Waals surface area contributed by atoms with Crippen LogP contribution in [0.3, 0.4) is 0 Å². The highest BCUT2D eigenvalue weighted by molar-refractivity contribution is 5.35. The molecule has 64 valence electrons. The van der Waals surface area contributed by atoms with Gasteiger partial charge in [-0.1, -0.05) is 19.1 Å². The summed E-state index contributed by atoms with van der Waals surface area (Å²) < 4.78 is 0. The number of hydrogen-bond donors (Lipinski definition) is 2. The standard InChI is InChI=1S/C10H14N2/c1-8-2-4-9-10(5-3-8)12-7-6-11-9/h2-5,8,11-12H,6-7H2,1H3. The van der Waals surface area contributed by atoms with E-state index in [1.54, 1.807) is 0 Å². The molecule has 0 fully saturated rings. The maximum absolute atomic E-state index is 3.36. The topological polar surface area (TPSA) is 24.1 Å². The molecular formula is C10H14N2. The Bertz CT molecular complexity index is 235. The van der Waals surface area contributed by atoms with Crippen molar-refractivity contribution in [2.45, 2.75) is 6.92 Å². The van der Waals surface area contributed by atoms with Crippen molar-refractivity contribution in [3.05, 3.63) is 35.7 Å². The molecule has 2 N–H and O–H groups in total. The van der Waals surface area contributed by atoms with Crippen molar-refractivity contribution in [2.75, 3.05) is 13.1 Å². The van der Waals surface area contributed by atoms with E-state index in [0.717, 1.165) is 13.1 Å². The molecule has 1 aliphatic heterocycles. The van der Waals surface area contributed by atoms with Gasteiger partial charge < -0.3 is 10.6 Å². The zero-order valence-corrected chi connectivity index (χ0v) is 7.30. The van der Waals surface area contributed by atoms with Crippen molar-refractivity contribution >= 4 is 0 Å². The fraction of sp³-hybridized carbons (Fsp3) is 0.400. The van der Waals surface area contributed by atoms with Crippen LogP contribution in [0.15, 0.2) is 35.7 Å². The minimum Gasteiger partial charge on any atom is -0.382 e. The third-order valence-electron chi connectivity index (χ3n) is 2.18. The summed E-state index contributed by atoms with van der Waals surface area (Å²) in [5.41, 5.74) is 2.45. The second kappa shape index (κ2) is 3.05. The van der Waals surface area contributed by atoms with Crippen LogP contribution in [0.25, 0.3) is 0 Å². The highest BCUT2D eigenvalue weighted by Crippen LogP contribution is 2.13. The van der Waals surface area contributed by atoms with Gasteiger partial charge in [-0.05, 0) is 18.1 Å². The molecule has 0 aromatic heterocycles. The molecule has 12 heavy (non-hydrogen) atoms. The Morgan fingerprint density at radius 2 is 1.58 bits per heavy atom. The van der Waals surface area contributed by atoms with Crippen LogP contribution in [0.2, 0.25) is 0 Å². The molecule has 0 saturated heterocycles. The molecule has 0 spiro atoms. The van der Waals surface area contributed by atoms with Gasteiger partial charge in [0.25, 0.3) is 0 Å². The predicted molar refractivity (Wildman–Crippen MR) is 50.5 cm³/mol. The van der Waals surface area contributed by atoms with Crippen LogP contribution >= 0.6 is 0 Å². The summed E-state index contributed by atoms with van der Waals surface area (Å²) in [6.07, 6.45) is 8.73. The van der Waals surface area contributed by atoms with E-state index < -0.39 is 0 Å². The summed E-state index contributed by atoms with van der Waals surface area (Å²) in [5, 5.41) is 6.72. The SMILES string of the molecule is CC1C=CC2=C(C=C1)NCCN2. The van der Waals surface area contributed by atoms with Crippen molar-refractivity contribution < 1.29 is 0 Å². The molecule has 0 atom stereocenters. The Hall–Kier alpha value is -1.18. The summed E-state index contributed by atoms with van der Waals surface area (Å²) in [5.74, 6) is 0.541. The van der Waals surface area contributed by atoms with E-state index in [9.17, 15) is 0 Å². The van der Waals surface area contributed by atoms with Crippen molar-refractivity contribution in [3.8, 4) is 0 Å². The van der Waals surface area contributed by atoms with Gasteiger partial charge >= 0.3 is 0 Å². The van der Waals surface area contributed by atoms with Crippen molar-refractivity contribution in [1.82, 2.24) is 10.6 Å². The first-order valence-electron chi connectivity index (χ1n) is 4.45. The Kier molecular flexibility index (Phi) is 1.90. The summed E-state index contributed by atoms with van der Waals surface area (Å²) in [4.78, 5) is 0. The van der Waals surface area contributed by atoms with Crippen LogP contribution < -0.4 is 10.6 Å². The quantitative estimate of drug-likeness (QED) is 0.558. The highest BCUT2D eigenvalue weighted by atomic mass is 15.0. The van der Waals surface area contributed by atoms with Gasteiger partial charge in [-0.15, -0.1) is 0 Å². The lowest BCUT2D eigenvalue weighted by Crippen LogP contribution is -2.33. The van der Waals surface area contributed by atoms with E-state index in [1.165, 1.54) is 11.4 Å². The monoisotopic (exact) mass is 162 g/mol. The lowest BCUT2D eigenvalue weighted by molar-refractivity contribution is 0.676. The molecule has 0 aromatic carbocycles. The molecule has 0 unspecified atom stereocenters. The van der Waals surface area contributed by atoms with Crippen LogP contribution in [0.5, 0.6) is 0 Å². The van der Waals surface area contributed by atoms with Crippen LogP contribution in [0.4, 0.5) is 0 Å². The molecule has 2 nitrogen and oxygen atoms in total. The average molecular weight is 162 g/mol. The number of hydrogen-bond acceptors (Lipinski definition) is 2. The van der Waals surface area contributed by atoms with Crippen molar-refractivity contribution in [1.29, 1.82) is 0 Å². The molecule has 2 rings (SSSR count). The normalized spacial score (nSPS) is 22.8. The maximum Gasteiger partial charge on any atom is 0.0573 e. The van der Waals surface area contributed by atoms with Gasteiger partial charge in [0.2, 0.25) is 0 Å². The minimum absolute atomic E-state index is 0.541. The number of rotatable bonds is 0. The van der Waals surface area contributed by atoms with Gasteiger partial charge in [-0.3, -0.25) is 0 Å². The second-order valence-corrected chi connectivity index (χ2v) is 3.26. The molecule has 0 radical (unpaired) electrons. The molecular weight excluding hydrogens is 148 g/mol. The lowest BCUT2D eigenvalue weighted by Gasteiger charge is -2.19. The smallest absolute Gasteiger partial charge is 0.0573 e. The molecule has 0 bridgehead atoms. The van der Waals surface area contributed by atoms with E-state index in [1.807, 2.05) is 0 Å². The van der Waals surface area contributed by atoms with E-state index in [-0.39, 0.29) is 0 Å². The maximum atomic E-state index is 3.36. The molecule has 0 saturated carbocycles. The zero-order valence-electron chi connectivity index (χ0n) is 7.30. The van der Waals surface area contributed by atoms with Crippen molar-refractivity contribution in [2.24, 2.45) is 5.92 Å². The van der Waals surface area contributed by atoms with Crippen LogP contribution in [0.1, 0.15) is 6.92 Å². The molecule has 0 amide bonds. The Morgan fingerprint density at radius 3 is 2.08 bits per heavy atom. The third-order valence-corrected chi connectivity index (χ3v) is 2.18. The number of nitrogens with one attached hydrogen (secondary N) is 2. The van der Waals surface area contributed by atoms with Gasteiger partial charge in [0.15, 0.2) is 0 Å². The van der Waals surface area contributed by atoms with Gasteiger partial charge in [0, 0.05) is 13.1 Å². The number of allylic oxidation sites excluding steroid dienone is 4. The van der Waals surface area contributed by atoms with E-state index >= 15 is 0 Å². The van der Waals surface area contributed by atoms with Crippen molar-refractivity contribution in [3.63, 3.8) is 0 Å². The van der Waals surface area contributed by atoms with Crippen LogP contribution in [0, 0.1) is 5.92 Å². The van der Waals surface area contributed by atoms with Crippen LogP contribution in [-0.4, -0.2) is 13.1 Å². The fourth-order valence-electron chi connectivity index (χ4n) is 1.44. The Balaban J connectivity index is 2.29. The largest absolute Gasteiger partial charge is 0.382 e. The van der Waals surface area contributed by atoms with E-state index in [4.69, 9.17) is 0 Å². The molecule has 2 heteroatoms. The third kappa shape index (κ3) is 1.37. The fourth-order valence-corrected chi connectivity index (χ4v) is 1.44. The Morgan fingerprint density at radius 1 is 1.08 bits per heavy atom. The summed E-state index contributed by atoms with van der Waals surface area (Å²) in [7, 11) is 0. The zero-order chi connectivity index (χ0) is 8.39. The summed E-state index contributed by atoms with van der Waals surface area (Å²) >= 11 is 0. The van der Waals surface area contributed by atoms with Gasteiger partial charge in [0.05, 0.1) is 11.4 Å². The van der Waals surface area contributed by atoms with E-state index in [0.29, 0.717) is 5.92 Å². The minimum atomic E-state index is 0.541. The second-order valence-electron chi connectivity index (χ2n) is 3.26. The lowest BCUT2D eigenvalue weighted by atomic mass is 10.2. The highest BCUT2D eigenvalue weighted by Gasteiger charge is 2.08. The van der Waals surface area contributed by atoms with Gasteiger partial charge in [-0.2, -0.15) is 0 Å². The molecule has 2 aliphatic rings. The van der Waals surface area contributed by atoms with E-state index in [2.05, 4.69) is 41.9 Å². The summed E-state index contributed by atoms with van der Waals surface area (Å²) in [6, 6.07) is 0. The molecule has 1 aliphatic carbocycles. The predicted octanol–water partition coefficient (Wildman–Crippen LogP) is 1.15. The average Bonchev–Trinajstić information content (AvgIpc) is 2.29. The van der Waals surface area contributed by atoms with Gasteiger partial charge in [-0.25, -0.2) is 0 Å². The first-order valence-corrected chi connectivity index (χ1v) is 4.45. The van der Waals surface area contributed by atoms with Gasteiger partial charge in [0.1, 0.15) is 0 Å². The molecule has 1 heterocycles. The summed E-state index contributed by atoms with van der Waals surface area (Å²) in [6.45, 7) is 4.22. The molecule has 0 aromatic rings. The first-order chi connectivity index (χ1) is 5.86. The first kappa shape index (κ1) is 7.47. The van der Waals surface area contributed by atoms with Crippen LogP contribution in [-0.2, 0) is 0 Å².